The average Bonchev–Trinajstić information content (AvgIpc) is 3.50. The first kappa shape index (κ1) is 16.5. The fourth-order valence-corrected chi connectivity index (χ4v) is 5.34. The van der Waals surface area contributed by atoms with Crippen LogP contribution < -0.4 is 0 Å². The Bertz CT molecular complexity index is 1380. The van der Waals surface area contributed by atoms with Gasteiger partial charge in [0.05, 0.1) is 24.7 Å². The molecule has 1 aromatic carbocycles. The molecule has 0 amide bonds. The molecule has 0 saturated carbocycles. The summed E-state index contributed by atoms with van der Waals surface area (Å²) < 4.78 is 13.9. The molecule has 6 rings (SSSR count). The van der Waals surface area contributed by atoms with Crippen molar-refractivity contribution in [1.82, 2.24) is 4.98 Å². The van der Waals surface area contributed by atoms with E-state index in [0.29, 0.717) is 15.3 Å². The fourth-order valence-electron chi connectivity index (χ4n) is 3.67. The van der Waals surface area contributed by atoms with E-state index in [9.17, 15) is 9.59 Å². The van der Waals surface area contributed by atoms with Gasteiger partial charge in [-0.3, -0.25) is 9.59 Å². The van der Waals surface area contributed by atoms with E-state index in [-0.39, 0.29) is 0 Å². The van der Waals surface area contributed by atoms with E-state index in [0.717, 1.165) is 61.1 Å². The Labute approximate surface area is 171 Å². The van der Waals surface area contributed by atoms with Gasteiger partial charge in [-0.1, -0.05) is 0 Å². The molecule has 29 heavy (non-hydrogen) atoms. The predicted molar refractivity (Wildman–Crippen MR) is 115 cm³/mol. The van der Waals surface area contributed by atoms with Crippen LogP contribution in [-0.2, 0) is 0 Å². The van der Waals surface area contributed by atoms with E-state index in [1.54, 1.807) is 12.1 Å². The third-order valence-electron chi connectivity index (χ3n) is 4.94. The number of aromatic nitrogens is 1. The van der Waals surface area contributed by atoms with Crippen LogP contribution >= 0.6 is 22.7 Å². The molecule has 0 atom stereocenters. The first-order valence-corrected chi connectivity index (χ1v) is 10.4. The van der Waals surface area contributed by atoms with E-state index in [2.05, 4.69) is 4.98 Å². The smallest absolute Gasteiger partial charge is 0.160 e. The highest BCUT2D eigenvalue weighted by atomic mass is 32.1. The molecular weight excluding hydrogens is 406 g/mol. The molecule has 0 aliphatic rings. The van der Waals surface area contributed by atoms with Crippen molar-refractivity contribution in [1.29, 1.82) is 0 Å². The van der Waals surface area contributed by atoms with Gasteiger partial charge in [0.25, 0.3) is 0 Å². The molecule has 0 bridgehead atoms. The number of thiophene rings is 2. The standard InChI is InChI=1S/C22H11NO4S2/c24-9-11-5-18-20(28-11)7-16(26-18)13-1-2-15(22-14(13)3-4-23-22)17-8-21-19(27-17)6-12(10-25)29-21/h1-10,23H. The molecule has 0 spiro atoms. The van der Waals surface area contributed by atoms with Crippen molar-refractivity contribution >= 4 is 66.7 Å². The van der Waals surface area contributed by atoms with Gasteiger partial charge in [0.15, 0.2) is 12.6 Å². The maximum absolute atomic E-state index is 11.0. The van der Waals surface area contributed by atoms with E-state index >= 15 is 0 Å². The number of furan rings is 2. The number of aromatic amines is 1. The van der Waals surface area contributed by atoms with Crippen LogP contribution in [0.3, 0.4) is 0 Å². The normalized spacial score (nSPS) is 11.7. The molecule has 5 aromatic heterocycles. The van der Waals surface area contributed by atoms with Gasteiger partial charge in [0.1, 0.15) is 22.7 Å². The fraction of sp³-hybridized carbons (Fsp3) is 0. The highest BCUT2D eigenvalue weighted by Gasteiger charge is 2.17. The maximum atomic E-state index is 11.0. The molecule has 0 saturated heterocycles. The zero-order chi connectivity index (χ0) is 19.5. The van der Waals surface area contributed by atoms with Crippen LogP contribution in [0, 0.1) is 0 Å². The van der Waals surface area contributed by atoms with Crippen molar-refractivity contribution in [3.63, 3.8) is 0 Å². The summed E-state index contributed by atoms with van der Waals surface area (Å²) in [5, 5.41) is 1.02. The SMILES string of the molecule is O=Cc1cc2oc(-c3ccc(-c4cc5sc(C=O)cc5o4)c4[nH]ccc34)cc2s1. The molecule has 140 valence electrons. The van der Waals surface area contributed by atoms with Crippen molar-refractivity contribution in [2.75, 3.05) is 0 Å². The molecule has 0 fully saturated rings. The number of benzene rings is 1. The number of hydrogen-bond donors (Lipinski definition) is 1. The Morgan fingerprint density at radius 3 is 1.93 bits per heavy atom. The van der Waals surface area contributed by atoms with Gasteiger partial charge in [-0.2, -0.15) is 0 Å². The molecule has 6 aromatic rings. The Morgan fingerprint density at radius 2 is 1.34 bits per heavy atom. The van der Waals surface area contributed by atoms with Crippen LogP contribution in [0.1, 0.15) is 19.3 Å². The Hall–Kier alpha value is -3.42. The number of fused-ring (bicyclic) bond motifs is 3. The summed E-state index contributed by atoms with van der Waals surface area (Å²) in [4.78, 5) is 26.5. The highest BCUT2D eigenvalue weighted by Crippen LogP contribution is 2.40. The van der Waals surface area contributed by atoms with Gasteiger partial charge in [-0.05, 0) is 18.2 Å². The molecule has 5 nitrogen and oxygen atoms in total. The van der Waals surface area contributed by atoms with Crippen LogP contribution in [0.4, 0.5) is 0 Å². The van der Waals surface area contributed by atoms with E-state index < -0.39 is 0 Å². The summed E-state index contributed by atoms with van der Waals surface area (Å²) in [6.07, 6.45) is 3.57. The molecule has 0 radical (unpaired) electrons. The quantitative estimate of drug-likeness (QED) is 0.322. The minimum absolute atomic E-state index is 0.654. The number of aldehydes is 2. The minimum atomic E-state index is 0.654. The summed E-state index contributed by atoms with van der Waals surface area (Å²) in [7, 11) is 0. The zero-order valence-electron chi connectivity index (χ0n) is 14.7. The van der Waals surface area contributed by atoms with Crippen LogP contribution in [0.25, 0.3) is 54.1 Å². The topological polar surface area (TPSA) is 76.2 Å². The third kappa shape index (κ3) is 2.45. The van der Waals surface area contributed by atoms with Gasteiger partial charge in [0.2, 0.25) is 0 Å². The van der Waals surface area contributed by atoms with Crippen molar-refractivity contribution in [3.8, 4) is 22.6 Å². The van der Waals surface area contributed by atoms with Crippen molar-refractivity contribution < 1.29 is 18.4 Å². The Morgan fingerprint density at radius 1 is 0.759 bits per heavy atom. The molecule has 7 heteroatoms. The second-order valence-electron chi connectivity index (χ2n) is 6.64. The summed E-state index contributed by atoms with van der Waals surface area (Å²) in [5.41, 5.74) is 4.30. The summed E-state index contributed by atoms with van der Waals surface area (Å²) >= 11 is 2.83. The number of carbonyl (C=O) groups is 2. The van der Waals surface area contributed by atoms with E-state index in [1.807, 2.05) is 36.5 Å². The lowest BCUT2D eigenvalue weighted by Gasteiger charge is -2.04. The molecule has 0 unspecified atom stereocenters. The molecule has 5 heterocycles. The number of carbonyl (C=O) groups excluding carboxylic acids is 2. The average molecular weight is 417 g/mol. The minimum Gasteiger partial charge on any atom is -0.455 e. The van der Waals surface area contributed by atoms with Crippen molar-refractivity contribution in [3.05, 3.63) is 58.4 Å². The van der Waals surface area contributed by atoms with Gasteiger partial charge in [0, 0.05) is 47.0 Å². The second-order valence-corrected chi connectivity index (χ2v) is 8.87. The molecular formula is C22H11NO4S2. The maximum Gasteiger partial charge on any atom is 0.160 e. The van der Waals surface area contributed by atoms with Crippen molar-refractivity contribution in [2.45, 2.75) is 0 Å². The first-order chi connectivity index (χ1) is 14.2. The molecule has 0 aliphatic heterocycles. The molecule has 1 N–H and O–H groups in total. The van der Waals surface area contributed by atoms with Crippen LogP contribution in [-0.4, -0.2) is 17.6 Å². The van der Waals surface area contributed by atoms with E-state index in [1.165, 1.54) is 22.7 Å². The van der Waals surface area contributed by atoms with Gasteiger partial charge in [-0.15, -0.1) is 22.7 Å². The molecule has 0 aliphatic carbocycles. The lowest BCUT2D eigenvalue weighted by Crippen LogP contribution is -1.82. The number of hydrogen-bond acceptors (Lipinski definition) is 6. The summed E-state index contributed by atoms with van der Waals surface area (Å²) in [5.74, 6) is 1.51. The number of nitrogens with one attached hydrogen (secondary N) is 1. The second kappa shape index (κ2) is 6.04. The largest absolute Gasteiger partial charge is 0.455 e. The third-order valence-corrected chi connectivity index (χ3v) is 6.92. The lowest BCUT2D eigenvalue weighted by atomic mass is 10.0. The Balaban J connectivity index is 1.50. The van der Waals surface area contributed by atoms with Crippen molar-refractivity contribution in [2.24, 2.45) is 0 Å². The summed E-state index contributed by atoms with van der Waals surface area (Å²) in [6.45, 7) is 0. The zero-order valence-corrected chi connectivity index (χ0v) is 16.4. The number of H-pyrrole nitrogens is 1. The van der Waals surface area contributed by atoms with Gasteiger partial charge >= 0.3 is 0 Å². The first-order valence-electron chi connectivity index (χ1n) is 8.81. The predicted octanol–water partition coefficient (Wildman–Crippen LogP) is 6.74. The van der Waals surface area contributed by atoms with Crippen LogP contribution in [0.15, 0.2) is 57.5 Å². The van der Waals surface area contributed by atoms with Gasteiger partial charge in [-0.25, -0.2) is 0 Å². The monoisotopic (exact) mass is 417 g/mol. The summed E-state index contributed by atoms with van der Waals surface area (Å²) in [6, 6.07) is 13.5. The highest BCUT2D eigenvalue weighted by molar-refractivity contribution is 7.20. The lowest BCUT2D eigenvalue weighted by molar-refractivity contribution is 0.111. The van der Waals surface area contributed by atoms with Gasteiger partial charge < -0.3 is 13.8 Å². The number of rotatable bonds is 4. The Kier molecular flexibility index (Phi) is 3.44. The van der Waals surface area contributed by atoms with E-state index in [4.69, 9.17) is 8.83 Å². The van der Waals surface area contributed by atoms with Crippen LogP contribution in [0.2, 0.25) is 0 Å². The van der Waals surface area contributed by atoms with Crippen LogP contribution in [0.5, 0.6) is 0 Å².